The molecule has 0 aliphatic rings. The van der Waals surface area contributed by atoms with Gasteiger partial charge in [-0.05, 0) is 6.07 Å². The second-order valence-electron chi connectivity index (χ2n) is 6.98. The summed E-state index contributed by atoms with van der Waals surface area (Å²) in [6, 6.07) is 4.28. The number of carbonyl (C=O) groups excluding carboxylic acids is 1. The molecule has 2 rings (SSSR count). The van der Waals surface area contributed by atoms with Crippen molar-refractivity contribution in [1.29, 1.82) is 0 Å². The highest BCUT2D eigenvalue weighted by molar-refractivity contribution is 7.13. The molecule has 0 aliphatic heterocycles. The van der Waals surface area contributed by atoms with Gasteiger partial charge in [0, 0.05) is 18.7 Å². The molecule has 1 aromatic carbocycles. The summed E-state index contributed by atoms with van der Waals surface area (Å²) in [5.74, 6) is -0.281. The van der Waals surface area contributed by atoms with Crippen molar-refractivity contribution in [3.63, 3.8) is 0 Å². The number of ether oxygens (including phenoxy) is 5. The summed E-state index contributed by atoms with van der Waals surface area (Å²) in [5, 5.41) is 13.8. The van der Waals surface area contributed by atoms with Crippen LogP contribution in [0.15, 0.2) is 23.0 Å². The maximum atomic E-state index is 12.4. The average Bonchev–Trinajstić information content (AvgIpc) is 3.17. The number of hydrogen-bond acceptors (Lipinski definition) is 10. The highest BCUT2D eigenvalue weighted by atomic mass is 35.5. The van der Waals surface area contributed by atoms with Gasteiger partial charge in [0.2, 0.25) is 5.91 Å². The van der Waals surface area contributed by atoms with Crippen molar-refractivity contribution in [3.05, 3.63) is 38.7 Å². The normalized spacial score (nSPS) is 11.2. The summed E-state index contributed by atoms with van der Waals surface area (Å²) < 4.78 is 29.2. The van der Waals surface area contributed by atoms with E-state index in [0.29, 0.717) is 89.2 Å². The first-order valence-electron chi connectivity index (χ1n) is 11.0. The van der Waals surface area contributed by atoms with Gasteiger partial charge in [0.1, 0.15) is 5.88 Å². The summed E-state index contributed by atoms with van der Waals surface area (Å²) in [6.45, 7) is 4.91. The standard InChI is InChI=1S/C21H30ClN3O9S/c22-16-20(26)23-3-5-30-7-9-32-11-13-34-14-12-33-10-8-31-6-4-24-21(27)18-15-17(25(28)29)1-2-19(18)35-24/h1-2,15H,3-14,16H2,(H,23,26). The van der Waals surface area contributed by atoms with Crippen molar-refractivity contribution in [3.8, 4) is 0 Å². The lowest BCUT2D eigenvalue weighted by molar-refractivity contribution is -0.384. The molecule has 35 heavy (non-hydrogen) atoms. The predicted octanol–water partition coefficient (Wildman–Crippen LogP) is 1.41. The number of amides is 1. The maximum Gasteiger partial charge on any atom is 0.270 e. The number of rotatable bonds is 20. The predicted molar refractivity (Wildman–Crippen MR) is 131 cm³/mol. The molecule has 12 nitrogen and oxygen atoms in total. The number of alkyl halides is 1. The van der Waals surface area contributed by atoms with E-state index in [-0.39, 0.29) is 23.0 Å². The molecule has 1 aromatic heterocycles. The Kier molecular flexibility index (Phi) is 14.4. The molecule has 0 aliphatic carbocycles. The van der Waals surface area contributed by atoms with Crippen molar-refractivity contribution < 1.29 is 33.4 Å². The Morgan fingerprint density at radius 3 is 2.03 bits per heavy atom. The number of carbonyl (C=O) groups is 1. The molecule has 14 heteroatoms. The summed E-state index contributed by atoms with van der Waals surface area (Å²) in [6.07, 6.45) is 0. The first-order valence-corrected chi connectivity index (χ1v) is 12.3. The molecule has 1 heterocycles. The quantitative estimate of drug-likeness (QED) is 0.115. The second kappa shape index (κ2) is 17.3. The first-order chi connectivity index (χ1) is 17.0. The van der Waals surface area contributed by atoms with Gasteiger partial charge in [-0.2, -0.15) is 0 Å². The van der Waals surface area contributed by atoms with E-state index < -0.39 is 4.92 Å². The molecule has 0 spiro atoms. The third kappa shape index (κ3) is 11.4. The van der Waals surface area contributed by atoms with Gasteiger partial charge in [0.25, 0.3) is 11.2 Å². The van der Waals surface area contributed by atoms with Crippen molar-refractivity contribution in [2.75, 3.05) is 78.5 Å². The van der Waals surface area contributed by atoms with Crippen molar-refractivity contribution in [2.24, 2.45) is 0 Å². The number of hydrogen-bond donors (Lipinski definition) is 1. The molecule has 2 aromatic rings. The lowest BCUT2D eigenvalue weighted by Gasteiger charge is -2.08. The molecule has 196 valence electrons. The molecule has 0 fully saturated rings. The number of nitro benzene ring substituents is 1. The number of nitrogens with one attached hydrogen (secondary N) is 1. The number of non-ortho nitro benzene ring substituents is 1. The Morgan fingerprint density at radius 2 is 1.49 bits per heavy atom. The fraction of sp³-hybridized carbons (Fsp3) is 0.619. The van der Waals surface area contributed by atoms with Crippen LogP contribution in [0.4, 0.5) is 5.69 Å². The Balaban J connectivity index is 1.39. The number of fused-ring (bicyclic) bond motifs is 1. The van der Waals surface area contributed by atoms with Crippen LogP contribution in [0.5, 0.6) is 0 Å². The Hall–Kier alpha value is -2.13. The van der Waals surface area contributed by atoms with Crippen LogP contribution in [0, 0.1) is 10.1 Å². The third-order valence-corrected chi connectivity index (χ3v) is 5.82. The molecule has 0 bridgehead atoms. The highest BCUT2D eigenvalue weighted by Crippen LogP contribution is 2.22. The number of benzene rings is 1. The van der Waals surface area contributed by atoms with E-state index in [1.165, 1.54) is 27.6 Å². The van der Waals surface area contributed by atoms with Gasteiger partial charge in [0.15, 0.2) is 0 Å². The van der Waals surface area contributed by atoms with E-state index in [4.69, 9.17) is 35.3 Å². The number of nitro groups is 1. The van der Waals surface area contributed by atoms with Gasteiger partial charge in [-0.3, -0.25) is 23.7 Å². The van der Waals surface area contributed by atoms with Gasteiger partial charge < -0.3 is 29.0 Å². The lowest BCUT2D eigenvalue weighted by atomic mass is 10.2. The molecular formula is C21H30ClN3O9S. The van der Waals surface area contributed by atoms with Crippen LogP contribution >= 0.6 is 23.1 Å². The zero-order chi connectivity index (χ0) is 25.3. The third-order valence-electron chi connectivity index (χ3n) is 4.46. The monoisotopic (exact) mass is 535 g/mol. The van der Waals surface area contributed by atoms with E-state index in [2.05, 4.69) is 5.32 Å². The topological polar surface area (TPSA) is 140 Å². The Morgan fingerprint density at radius 1 is 0.943 bits per heavy atom. The van der Waals surface area contributed by atoms with Crippen LogP contribution in [0.3, 0.4) is 0 Å². The fourth-order valence-electron chi connectivity index (χ4n) is 2.76. The van der Waals surface area contributed by atoms with Crippen LogP contribution in [-0.4, -0.2) is 93.3 Å². The molecule has 0 saturated carbocycles. The van der Waals surface area contributed by atoms with Crippen LogP contribution in [-0.2, 0) is 35.0 Å². The molecule has 1 amide bonds. The largest absolute Gasteiger partial charge is 0.377 e. The highest BCUT2D eigenvalue weighted by Gasteiger charge is 2.12. The van der Waals surface area contributed by atoms with Crippen LogP contribution < -0.4 is 10.9 Å². The molecule has 0 saturated heterocycles. The van der Waals surface area contributed by atoms with Crippen LogP contribution in [0.1, 0.15) is 0 Å². The fourth-order valence-corrected chi connectivity index (χ4v) is 3.81. The van der Waals surface area contributed by atoms with E-state index in [1.54, 1.807) is 6.07 Å². The van der Waals surface area contributed by atoms with Crippen molar-refractivity contribution in [1.82, 2.24) is 9.27 Å². The number of aromatic nitrogens is 1. The maximum absolute atomic E-state index is 12.4. The SMILES string of the molecule is O=C(CCl)NCCOCCOCCOCCOCCOCCn1sc2ccc([N+](=O)[O-])cc2c1=O. The van der Waals surface area contributed by atoms with E-state index in [9.17, 15) is 19.7 Å². The Labute approximate surface area is 211 Å². The summed E-state index contributed by atoms with van der Waals surface area (Å²) in [7, 11) is 0. The summed E-state index contributed by atoms with van der Waals surface area (Å²) >= 11 is 6.61. The molecule has 0 atom stereocenters. The van der Waals surface area contributed by atoms with Crippen molar-refractivity contribution in [2.45, 2.75) is 6.54 Å². The lowest BCUT2D eigenvalue weighted by Crippen LogP contribution is -2.28. The zero-order valence-electron chi connectivity index (χ0n) is 19.3. The number of halogens is 1. The summed E-state index contributed by atoms with van der Waals surface area (Å²) in [5.41, 5.74) is -0.354. The molecule has 1 N–H and O–H groups in total. The van der Waals surface area contributed by atoms with Gasteiger partial charge in [-0.15, -0.1) is 11.6 Å². The first kappa shape index (κ1) is 29.1. The van der Waals surface area contributed by atoms with E-state index >= 15 is 0 Å². The smallest absolute Gasteiger partial charge is 0.270 e. The Bertz CT molecular complexity index is 969. The minimum atomic E-state index is -0.516. The van der Waals surface area contributed by atoms with Gasteiger partial charge in [-0.25, -0.2) is 0 Å². The molecular weight excluding hydrogens is 506 g/mol. The van der Waals surface area contributed by atoms with E-state index in [0.717, 1.165) is 0 Å². The zero-order valence-corrected chi connectivity index (χ0v) is 20.9. The molecule has 0 radical (unpaired) electrons. The van der Waals surface area contributed by atoms with Gasteiger partial charge in [0.05, 0.1) is 87.6 Å². The van der Waals surface area contributed by atoms with Gasteiger partial charge >= 0.3 is 0 Å². The van der Waals surface area contributed by atoms with Crippen molar-refractivity contribution >= 4 is 44.8 Å². The average molecular weight is 536 g/mol. The molecule has 0 unspecified atom stereocenters. The second-order valence-corrected chi connectivity index (χ2v) is 8.31. The van der Waals surface area contributed by atoms with Gasteiger partial charge in [-0.1, -0.05) is 11.5 Å². The minimum Gasteiger partial charge on any atom is -0.377 e. The number of nitrogens with zero attached hydrogens (tertiary/aromatic N) is 2. The van der Waals surface area contributed by atoms with E-state index in [1.807, 2.05) is 0 Å². The van der Waals surface area contributed by atoms with Crippen LogP contribution in [0.25, 0.3) is 10.1 Å². The minimum absolute atomic E-state index is 0.0577. The summed E-state index contributed by atoms with van der Waals surface area (Å²) in [4.78, 5) is 33.6. The van der Waals surface area contributed by atoms with Crippen LogP contribution in [0.2, 0.25) is 0 Å².